The van der Waals surface area contributed by atoms with Crippen LogP contribution < -0.4 is 5.32 Å². The molecule has 0 aliphatic carbocycles. The molecule has 0 aliphatic rings. The number of benzene rings is 2. The lowest BCUT2D eigenvalue weighted by Crippen LogP contribution is -2.07. The highest BCUT2D eigenvalue weighted by molar-refractivity contribution is 5.88. The van der Waals surface area contributed by atoms with Gasteiger partial charge in [0.25, 0.3) is 0 Å². The van der Waals surface area contributed by atoms with E-state index in [0.29, 0.717) is 23.3 Å². The number of anilines is 1. The average Bonchev–Trinajstić information content (AvgIpc) is 3.06. The molecule has 0 fully saturated rings. The summed E-state index contributed by atoms with van der Waals surface area (Å²) in [6, 6.07) is 12.6. The first-order valence-electron chi connectivity index (χ1n) is 7.95. The van der Waals surface area contributed by atoms with E-state index in [1.165, 1.54) is 18.5 Å². The van der Waals surface area contributed by atoms with Crippen LogP contribution in [0.25, 0.3) is 16.6 Å². The van der Waals surface area contributed by atoms with Crippen LogP contribution in [0.15, 0.2) is 61.2 Å². The van der Waals surface area contributed by atoms with E-state index in [1.54, 1.807) is 12.3 Å². The van der Waals surface area contributed by atoms with Gasteiger partial charge in [0.1, 0.15) is 23.8 Å². The molecule has 0 bridgehead atoms. The molecule has 6 heteroatoms. The van der Waals surface area contributed by atoms with Crippen LogP contribution in [-0.2, 0) is 6.54 Å². The summed E-state index contributed by atoms with van der Waals surface area (Å²) in [5, 5.41) is 3.97. The molecule has 0 saturated heterocycles. The second-order valence-electron chi connectivity index (χ2n) is 5.71. The number of halogens is 1. The van der Waals surface area contributed by atoms with E-state index in [0.717, 1.165) is 17.1 Å². The molecular weight excluding hydrogens is 317 g/mol. The molecule has 4 aromatic rings. The molecule has 4 rings (SSSR count). The Bertz CT molecular complexity index is 1040. The zero-order valence-electron chi connectivity index (χ0n) is 13.6. The average molecular weight is 333 g/mol. The minimum atomic E-state index is -0.306. The second kappa shape index (κ2) is 6.32. The minimum Gasteiger partial charge on any atom is -0.365 e. The number of aryl methyl sites for hydroxylation is 1. The van der Waals surface area contributed by atoms with Gasteiger partial charge in [-0.3, -0.25) is 0 Å². The number of fused-ring (bicyclic) bond motifs is 1. The third-order valence-electron chi connectivity index (χ3n) is 4.12. The Morgan fingerprint density at radius 2 is 1.96 bits per heavy atom. The van der Waals surface area contributed by atoms with Gasteiger partial charge in [-0.15, -0.1) is 0 Å². The van der Waals surface area contributed by atoms with Gasteiger partial charge in [-0.25, -0.2) is 19.3 Å². The number of nitrogens with one attached hydrogen (secondary N) is 1. The number of imidazole rings is 1. The standard InChI is InChI=1S/C19H16FN5/c1-13-21-8-9-25(13)18-5-3-2-4-14(18)11-22-19-16-10-15(20)6-7-17(16)23-12-24-19/h2-10,12H,11H2,1H3,(H,22,23,24). The van der Waals surface area contributed by atoms with Crippen molar-refractivity contribution in [1.82, 2.24) is 19.5 Å². The molecule has 0 amide bonds. The first kappa shape index (κ1) is 15.3. The highest BCUT2D eigenvalue weighted by Gasteiger charge is 2.09. The van der Waals surface area contributed by atoms with Gasteiger partial charge in [-0.2, -0.15) is 0 Å². The Morgan fingerprint density at radius 1 is 1.08 bits per heavy atom. The van der Waals surface area contributed by atoms with Crippen LogP contribution in [0.1, 0.15) is 11.4 Å². The van der Waals surface area contributed by atoms with Gasteiger partial charge in [0, 0.05) is 24.3 Å². The maximum atomic E-state index is 13.6. The fourth-order valence-electron chi connectivity index (χ4n) is 2.88. The van der Waals surface area contributed by atoms with Crippen molar-refractivity contribution in [3.05, 3.63) is 78.4 Å². The highest BCUT2D eigenvalue weighted by Crippen LogP contribution is 2.22. The van der Waals surface area contributed by atoms with E-state index in [4.69, 9.17) is 0 Å². The molecule has 0 radical (unpaired) electrons. The van der Waals surface area contributed by atoms with Gasteiger partial charge in [0.2, 0.25) is 0 Å². The smallest absolute Gasteiger partial charge is 0.137 e. The lowest BCUT2D eigenvalue weighted by Gasteiger charge is -2.13. The predicted molar refractivity (Wildman–Crippen MR) is 95.1 cm³/mol. The van der Waals surface area contributed by atoms with Crippen molar-refractivity contribution in [3.8, 4) is 5.69 Å². The van der Waals surface area contributed by atoms with Crippen LogP contribution in [0.2, 0.25) is 0 Å². The van der Waals surface area contributed by atoms with Crippen molar-refractivity contribution in [2.45, 2.75) is 13.5 Å². The predicted octanol–water partition coefficient (Wildman–Crippen LogP) is 3.88. The molecular formula is C19H16FN5. The molecule has 2 aromatic heterocycles. The summed E-state index contributed by atoms with van der Waals surface area (Å²) in [6.07, 6.45) is 5.19. The van der Waals surface area contributed by atoms with Crippen molar-refractivity contribution in [2.75, 3.05) is 5.32 Å². The van der Waals surface area contributed by atoms with Gasteiger partial charge in [0.05, 0.1) is 11.2 Å². The summed E-state index contributed by atoms with van der Waals surface area (Å²) in [4.78, 5) is 12.7. The zero-order chi connectivity index (χ0) is 17.2. The van der Waals surface area contributed by atoms with E-state index in [2.05, 4.69) is 20.3 Å². The van der Waals surface area contributed by atoms with Gasteiger partial charge >= 0.3 is 0 Å². The highest BCUT2D eigenvalue weighted by atomic mass is 19.1. The van der Waals surface area contributed by atoms with Gasteiger partial charge in [0.15, 0.2) is 0 Å². The fourth-order valence-corrected chi connectivity index (χ4v) is 2.88. The van der Waals surface area contributed by atoms with Gasteiger partial charge < -0.3 is 9.88 Å². The Balaban J connectivity index is 1.67. The van der Waals surface area contributed by atoms with E-state index >= 15 is 0 Å². The number of aromatic nitrogens is 4. The monoisotopic (exact) mass is 333 g/mol. The molecule has 2 aromatic carbocycles. The molecule has 0 unspecified atom stereocenters. The number of hydrogen-bond donors (Lipinski definition) is 1. The summed E-state index contributed by atoms with van der Waals surface area (Å²) in [5.41, 5.74) is 2.85. The first-order valence-corrected chi connectivity index (χ1v) is 7.95. The van der Waals surface area contributed by atoms with Crippen LogP contribution in [0, 0.1) is 12.7 Å². The SMILES string of the molecule is Cc1nccn1-c1ccccc1CNc1ncnc2ccc(F)cc12. The van der Waals surface area contributed by atoms with Crippen LogP contribution >= 0.6 is 0 Å². The van der Waals surface area contributed by atoms with Crippen molar-refractivity contribution in [2.24, 2.45) is 0 Å². The molecule has 124 valence electrons. The van der Waals surface area contributed by atoms with Crippen LogP contribution in [0.5, 0.6) is 0 Å². The minimum absolute atomic E-state index is 0.306. The van der Waals surface area contributed by atoms with Gasteiger partial charge in [-0.1, -0.05) is 18.2 Å². The summed E-state index contributed by atoms with van der Waals surface area (Å²) in [6.45, 7) is 2.52. The summed E-state index contributed by atoms with van der Waals surface area (Å²) in [5.74, 6) is 1.23. The Kier molecular flexibility index (Phi) is 3.85. The first-order chi connectivity index (χ1) is 12.2. The quantitative estimate of drug-likeness (QED) is 0.616. The Hall–Kier alpha value is -3.28. The van der Waals surface area contributed by atoms with E-state index in [9.17, 15) is 4.39 Å². The molecule has 2 heterocycles. The zero-order valence-corrected chi connectivity index (χ0v) is 13.6. The maximum absolute atomic E-state index is 13.6. The number of para-hydroxylation sites is 1. The summed E-state index contributed by atoms with van der Waals surface area (Å²) in [7, 11) is 0. The van der Waals surface area contributed by atoms with Crippen LogP contribution in [0.3, 0.4) is 0 Å². The van der Waals surface area contributed by atoms with E-state index in [1.807, 2.05) is 42.0 Å². The largest absolute Gasteiger partial charge is 0.365 e. The lowest BCUT2D eigenvalue weighted by molar-refractivity contribution is 0.629. The molecule has 0 saturated carbocycles. The van der Waals surface area contributed by atoms with Crippen LogP contribution in [-0.4, -0.2) is 19.5 Å². The molecule has 5 nitrogen and oxygen atoms in total. The van der Waals surface area contributed by atoms with Crippen molar-refractivity contribution >= 4 is 16.7 Å². The Morgan fingerprint density at radius 3 is 2.80 bits per heavy atom. The summed E-state index contributed by atoms with van der Waals surface area (Å²) < 4.78 is 15.6. The topological polar surface area (TPSA) is 55.6 Å². The number of hydrogen-bond acceptors (Lipinski definition) is 4. The van der Waals surface area contributed by atoms with E-state index in [-0.39, 0.29) is 5.82 Å². The van der Waals surface area contributed by atoms with Crippen LogP contribution in [0.4, 0.5) is 10.2 Å². The second-order valence-corrected chi connectivity index (χ2v) is 5.71. The van der Waals surface area contributed by atoms with Gasteiger partial charge in [-0.05, 0) is 36.8 Å². The number of nitrogens with zero attached hydrogens (tertiary/aromatic N) is 4. The molecule has 25 heavy (non-hydrogen) atoms. The summed E-state index contributed by atoms with van der Waals surface area (Å²) >= 11 is 0. The third kappa shape index (κ3) is 2.94. The third-order valence-corrected chi connectivity index (χ3v) is 4.12. The van der Waals surface area contributed by atoms with Crippen molar-refractivity contribution in [1.29, 1.82) is 0 Å². The van der Waals surface area contributed by atoms with E-state index < -0.39 is 0 Å². The van der Waals surface area contributed by atoms with Crippen molar-refractivity contribution in [3.63, 3.8) is 0 Å². The molecule has 0 aliphatic heterocycles. The molecule has 0 atom stereocenters. The Labute approximate surface area is 144 Å². The maximum Gasteiger partial charge on any atom is 0.137 e. The number of rotatable bonds is 4. The lowest BCUT2D eigenvalue weighted by atomic mass is 10.1. The molecule has 1 N–H and O–H groups in total. The normalized spacial score (nSPS) is 11.0. The fraction of sp³-hybridized carbons (Fsp3) is 0.105. The van der Waals surface area contributed by atoms with Crippen molar-refractivity contribution < 1.29 is 4.39 Å². The molecule has 0 spiro atoms.